The van der Waals surface area contributed by atoms with Crippen molar-refractivity contribution in [2.24, 2.45) is 0 Å². The fourth-order valence-electron chi connectivity index (χ4n) is 2.22. The third-order valence-corrected chi connectivity index (χ3v) is 4.47. The zero-order valence-corrected chi connectivity index (χ0v) is 16.8. The van der Waals surface area contributed by atoms with E-state index in [2.05, 4.69) is 5.32 Å². The van der Waals surface area contributed by atoms with Crippen LogP contribution in [0.3, 0.4) is 0 Å². The summed E-state index contributed by atoms with van der Waals surface area (Å²) in [5.74, 6) is 0.0816. The molecule has 0 bridgehead atoms. The Morgan fingerprint density at radius 1 is 1.08 bits per heavy atom. The van der Waals surface area contributed by atoms with Crippen molar-refractivity contribution < 1.29 is 13.6 Å². The van der Waals surface area contributed by atoms with E-state index >= 15 is 0 Å². The number of benzene rings is 2. The van der Waals surface area contributed by atoms with Gasteiger partial charge in [0.25, 0.3) is 0 Å². The molecule has 0 aliphatic heterocycles. The van der Waals surface area contributed by atoms with E-state index in [0.29, 0.717) is 21.6 Å². The third-order valence-electron chi connectivity index (χ3n) is 3.36. The summed E-state index contributed by atoms with van der Waals surface area (Å²) in [4.78, 5) is 11.9. The van der Waals surface area contributed by atoms with Crippen molar-refractivity contribution in [2.45, 2.75) is 0 Å². The summed E-state index contributed by atoms with van der Waals surface area (Å²) >= 11 is 14.0. The maximum atomic E-state index is 13.7. The summed E-state index contributed by atoms with van der Waals surface area (Å²) in [6, 6.07) is 13.1. The van der Waals surface area contributed by atoms with Crippen LogP contribution in [-0.2, 0) is 4.79 Å². The highest BCUT2D eigenvalue weighted by atomic mass is 127. The van der Waals surface area contributed by atoms with Crippen LogP contribution in [0.5, 0.6) is 0 Å². The van der Waals surface area contributed by atoms with Gasteiger partial charge in [0.15, 0.2) is 0 Å². The van der Waals surface area contributed by atoms with Crippen LogP contribution in [0.2, 0.25) is 10.0 Å². The van der Waals surface area contributed by atoms with Crippen molar-refractivity contribution >= 4 is 63.5 Å². The van der Waals surface area contributed by atoms with Crippen molar-refractivity contribution in [3.8, 4) is 11.3 Å². The zero-order valence-electron chi connectivity index (χ0n) is 13.1. The van der Waals surface area contributed by atoms with Gasteiger partial charge in [-0.05, 0) is 77.2 Å². The van der Waals surface area contributed by atoms with E-state index in [0.717, 1.165) is 9.13 Å². The lowest BCUT2D eigenvalue weighted by Crippen LogP contribution is -2.09. The smallest absolute Gasteiger partial charge is 0.248 e. The average Bonchev–Trinajstić information content (AvgIpc) is 3.04. The van der Waals surface area contributed by atoms with Crippen molar-refractivity contribution in [3.63, 3.8) is 0 Å². The Balaban J connectivity index is 1.71. The number of nitrogens with one attached hydrogen (secondary N) is 1. The van der Waals surface area contributed by atoms with Crippen molar-refractivity contribution in [3.05, 3.63) is 79.8 Å². The van der Waals surface area contributed by atoms with Crippen LogP contribution in [0.4, 0.5) is 10.1 Å². The van der Waals surface area contributed by atoms with E-state index in [1.54, 1.807) is 36.4 Å². The third kappa shape index (κ3) is 4.87. The number of halogens is 4. The lowest BCUT2D eigenvalue weighted by molar-refractivity contribution is -0.111. The molecule has 132 valence electrons. The van der Waals surface area contributed by atoms with Gasteiger partial charge in [-0.3, -0.25) is 4.79 Å². The van der Waals surface area contributed by atoms with Gasteiger partial charge in [-0.1, -0.05) is 23.2 Å². The number of carbonyl (C=O) groups is 1. The monoisotopic (exact) mass is 501 g/mol. The fourth-order valence-corrected chi connectivity index (χ4v) is 3.20. The number of anilines is 1. The molecule has 7 heteroatoms. The van der Waals surface area contributed by atoms with Gasteiger partial charge in [-0.25, -0.2) is 4.39 Å². The lowest BCUT2D eigenvalue weighted by atomic mass is 10.2. The molecule has 0 saturated heterocycles. The molecular weight excluding hydrogens is 491 g/mol. The maximum Gasteiger partial charge on any atom is 0.248 e. The van der Waals surface area contributed by atoms with Crippen molar-refractivity contribution in [2.75, 3.05) is 5.32 Å². The molecule has 0 aliphatic rings. The highest BCUT2D eigenvalue weighted by molar-refractivity contribution is 14.1. The first-order valence-electron chi connectivity index (χ1n) is 7.41. The summed E-state index contributed by atoms with van der Waals surface area (Å²) in [6.45, 7) is 0. The molecule has 0 unspecified atom stereocenters. The largest absolute Gasteiger partial charge is 0.457 e. The first kappa shape index (κ1) is 18.9. The zero-order chi connectivity index (χ0) is 18.7. The molecule has 26 heavy (non-hydrogen) atoms. The first-order chi connectivity index (χ1) is 12.4. The van der Waals surface area contributed by atoms with E-state index in [-0.39, 0.29) is 5.69 Å². The van der Waals surface area contributed by atoms with Crippen LogP contribution in [-0.4, -0.2) is 5.91 Å². The number of furan rings is 1. The van der Waals surface area contributed by atoms with Gasteiger partial charge in [0, 0.05) is 25.3 Å². The molecule has 3 rings (SSSR count). The summed E-state index contributed by atoms with van der Waals surface area (Å²) in [7, 11) is 0. The number of rotatable bonds is 4. The molecule has 0 atom stereocenters. The van der Waals surface area contributed by atoms with E-state index < -0.39 is 11.7 Å². The van der Waals surface area contributed by atoms with Crippen LogP contribution in [0.15, 0.2) is 59.0 Å². The van der Waals surface area contributed by atoms with Crippen molar-refractivity contribution in [1.82, 2.24) is 0 Å². The Labute approximate surface area is 172 Å². The van der Waals surface area contributed by atoms with Crippen LogP contribution in [0, 0.1) is 9.39 Å². The summed E-state index contributed by atoms with van der Waals surface area (Å²) < 4.78 is 20.2. The molecular formula is C19H11Cl2FINO2. The second-order valence-corrected chi connectivity index (χ2v) is 7.43. The second-order valence-electron chi connectivity index (χ2n) is 5.31. The van der Waals surface area contributed by atoms with Gasteiger partial charge >= 0.3 is 0 Å². The Morgan fingerprint density at radius 3 is 2.50 bits per heavy atom. The number of carbonyl (C=O) groups excluding carboxylic acids is 1. The Kier molecular flexibility index (Phi) is 6.01. The predicted molar refractivity (Wildman–Crippen MR) is 111 cm³/mol. The van der Waals surface area contributed by atoms with Crippen molar-refractivity contribution in [1.29, 1.82) is 0 Å². The molecule has 0 fully saturated rings. The summed E-state index contributed by atoms with van der Waals surface area (Å²) in [5.41, 5.74) is 0.848. The highest BCUT2D eigenvalue weighted by Gasteiger charge is 2.07. The second kappa shape index (κ2) is 8.24. The van der Waals surface area contributed by atoms with E-state index in [1.807, 2.05) is 22.6 Å². The lowest BCUT2D eigenvalue weighted by Gasteiger charge is -2.03. The van der Waals surface area contributed by atoms with E-state index in [9.17, 15) is 9.18 Å². The molecule has 1 amide bonds. The average molecular weight is 502 g/mol. The van der Waals surface area contributed by atoms with Gasteiger partial charge in [0.1, 0.15) is 17.3 Å². The quantitative estimate of drug-likeness (QED) is 0.321. The topological polar surface area (TPSA) is 42.2 Å². The van der Waals surface area contributed by atoms with Gasteiger partial charge in [0.2, 0.25) is 5.91 Å². The first-order valence-corrected chi connectivity index (χ1v) is 9.24. The Bertz CT molecular complexity index is 981. The predicted octanol–water partition coefficient (Wildman–Crippen LogP) is 6.65. The number of amides is 1. The minimum absolute atomic E-state index is 0.119. The van der Waals surface area contributed by atoms with E-state index in [1.165, 1.54) is 24.3 Å². The summed E-state index contributed by atoms with van der Waals surface area (Å²) in [5, 5.41) is 3.48. The van der Waals surface area contributed by atoms with Crippen LogP contribution in [0.25, 0.3) is 17.4 Å². The Morgan fingerprint density at radius 2 is 1.81 bits per heavy atom. The number of hydrogen-bond acceptors (Lipinski definition) is 2. The molecule has 2 aromatic carbocycles. The minimum Gasteiger partial charge on any atom is -0.457 e. The fraction of sp³-hybridized carbons (Fsp3) is 0. The standard InChI is InChI=1S/C19H11Cl2FINO2/c20-12-7-11(8-13(21)9-12)18-5-2-15(26-18)3-6-19(25)24-17-4-1-14(23)10-16(17)22/h1-10H,(H,24,25)/b6-3+. The molecule has 1 heterocycles. The van der Waals surface area contributed by atoms with Crippen LogP contribution < -0.4 is 5.32 Å². The highest BCUT2D eigenvalue weighted by Crippen LogP contribution is 2.29. The van der Waals surface area contributed by atoms with Gasteiger partial charge in [-0.15, -0.1) is 0 Å². The molecule has 0 saturated carbocycles. The normalized spacial score (nSPS) is 11.1. The molecule has 0 aliphatic carbocycles. The molecule has 0 radical (unpaired) electrons. The van der Waals surface area contributed by atoms with E-state index in [4.69, 9.17) is 27.6 Å². The molecule has 1 N–H and O–H groups in total. The Hall–Kier alpha value is -1.83. The maximum absolute atomic E-state index is 13.7. The molecule has 0 spiro atoms. The van der Waals surface area contributed by atoms with Crippen LogP contribution in [0.1, 0.15) is 5.76 Å². The van der Waals surface area contributed by atoms with Gasteiger partial charge in [-0.2, -0.15) is 0 Å². The molecule has 1 aromatic heterocycles. The SMILES string of the molecule is O=C(/C=C/c1ccc(-c2cc(Cl)cc(Cl)c2)o1)Nc1ccc(I)cc1F. The minimum atomic E-state index is -0.489. The van der Waals surface area contributed by atoms with Gasteiger partial charge in [0.05, 0.1) is 5.69 Å². The van der Waals surface area contributed by atoms with Gasteiger partial charge < -0.3 is 9.73 Å². The summed E-state index contributed by atoms with van der Waals surface area (Å²) in [6.07, 6.45) is 2.76. The van der Waals surface area contributed by atoms with Crippen LogP contribution >= 0.6 is 45.8 Å². The number of hydrogen-bond donors (Lipinski definition) is 1. The molecule has 3 aromatic rings. The molecule has 3 nitrogen and oxygen atoms in total.